The van der Waals surface area contributed by atoms with E-state index in [1.165, 1.54) is 0 Å². The number of nitrogens with zero attached hydrogens (tertiary/aromatic N) is 3. The molecule has 0 fully saturated rings. The van der Waals surface area contributed by atoms with Crippen LogP contribution in [0.4, 0.5) is 0 Å². The van der Waals surface area contributed by atoms with Crippen molar-refractivity contribution in [2.75, 3.05) is 19.8 Å². The van der Waals surface area contributed by atoms with Crippen LogP contribution in [-0.4, -0.2) is 53.6 Å². The van der Waals surface area contributed by atoms with Crippen LogP contribution >= 0.6 is 0 Å². The van der Waals surface area contributed by atoms with Gasteiger partial charge in [-0.25, -0.2) is 0 Å². The van der Waals surface area contributed by atoms with Crippen molar-refractivity contribution in [1.29, 1.82) is 0 Å². The molecule has 0 bridgehead atoms. The Morgan fingerprint density at radius 2 is 1.48 bits per heavy atom. The van der Waals surface area contributed by atoms with Crippen molar-refractivity contribution >= 4 is 11.8 Å². The molecule has 2 amide bonds. The topological polar surface area (TPSA) is 135 Å². The van der Waals surface area contributed by atoms with E-state index in [1.807, 2.05) is 41.5 Å². The van der Waals surface area contributed by atoms with E-state index in [4.69, 9.17) is 0 Å². The van der Waals surface area contributed by atoms with E-state index in [1.54, 1.807) is 13.8 Å². The van der Waals surface area contributed by atoms with Crippen LogP contribution in [0.2, 0.25) is 0 Å². The molecule has 0 aliphatic rings. The second-order valence-corrected chi connectivity index (χ2v) is 5.58. The quantitative estimate of drug-likeness (QED) is 0.214. The Morgan fingerprint density at radius 3 is 1.89 bits per heavy atom. The maximum Gasteiger partial charge on any atom is 0.223 e. The highest BCUT2D eigenvalue weighted by atomic mass is 16.6. The summed E-state index contributed by atoms with van der Waals surface area (Å²) in [5.41, 5.74) is 0. The van der Waals surface area contributed by atoms with Crippen molar-refractivity contribution < 1.29 is 14.6 Å². The molecule has 0 heterocycles. The lowest BCUT2D eigenvalue weighted by atomic mass is 10.3. The number of carbonyl (C=O) groups excluding carboxylic acids is 2. The van der Waals surface area contributed by atoms with Crippen LogP contribution in [0.3, 0.4) is 0 Å². The maximum absolute atomic E-state index is 11.6. The molecule has 0 aromatic rings. The third-order valence-corrected chi connectivity index (χ3v) is 2.93. The monoisotopic (exact) mass is 391 g/mol. The molecule has 0 saturated carbocycles. The van der Waals surface area contributed by atoms with Crippen LogP contribution in [0.25, 0.3) is 0 Å². The molecule has 0 aromatic heterocycles. The predicted octanol–water partition coefficient (Wildman–Crippen LogP) is 2.09. The summed E-state index contributed by atoms with van der Waals surface area (Å²) in [4.78, 5) is 23.1. The van der Waals surface area contributed by atoms with Gasteiger partial charge in [0.15, 0.2) is 0 Å². The lowest BCUT2D eigenvalue weighted by Gasteiger charge is -2.22. The van der Waals surface area contributed by atoms with E-state index in [2.05, 4.69) is 21.2 Å². The van der Waals surface area contributed by atoms with E-state index in [9.17, 15) is 20.0 Å². The molecular weight excluding hydrogens is 352 g/mol. The number of rotatable bonds is 11. The summed E-state index contributed by atoms with van der Waals surface area (Å²) in [6.45, 7) is 16.0. The summed E-state index contributed by atoms with van der Waals surface area (Å²) < 4.78 is 0. The molecule has 0 rings (SSSR count). The van der Waals surface area contributed by atoms with Gasteiger partial charge in [0.1, 0.15) is 0 Å². The highest BCUT2D eigenvalue weighted by Crippen LogP contribution is 2.00. The molecule has 0 radical (unpaired) electrons. The third kappa shape index (κ3) is 18.5. The van der Waals surface area contributed by atoms with Crippen LogP contribution < -0.4 is 16.0 Å². The van der Waals surface area contributed by atoms with Crippen LogP contribution in [-0.2, 0) is 9.59 Å². The molecule has 10 heteroatoms. The van der Waals surface area contributed by atoms with E-state index >= 15 is 0 Å². The van der Waals surface area contributed by atoms with Crippen LogP contribution in [0.1, 0.15) is 68.2 Å². The summed E-state index contributed by atoms with van der Waals surface area (Å²) in [6, 6.07) is 0.0546. The lowest BCUT2D eigenvalue weighted by molar-refractivity contribution is -0.697. The molecule has 0 aromatic carbocycles. The second-order valence-electron chi connectivity index (χ2n) is 5.58. The molecule has 0 unspecified atom stereocenters. The molecule has 0 atom stereocenters. The molecule has 10 nitrogen and oxygen atoms in total. The number of carbonyl (C=O) groups is 2. The second kappa shape index (κ2) is 20.2. The third-order valence-electron chi connectivity index (χ3n) is 2.93. The Labute approximate surface area is 163 Å². The molecule has 162 valence electrons. The average Bonchev–Trinajstić information content (AvgIpc) is 2.64. The first-order valence-corrected chi connectivity index (χ1v) is 9.61. The van der Waals surface area contributed by atoms with Gasteiger partial charge in [-0.3, -0.25) is 9.59 Å². The van der Waals surface area contributed by atoms with Crippen molar-refractivity contribution in [3.63, 3.8) is 0 Å². The first kappa shape index (κ1) is 29.7. The van der Waals surface area contributed by atoms with Crippen LogP contribution in [0.5, 0.6) is 0 Å². The summed E-state index contributed by atoms with van der Waals surface area (Å²) in [6.07, 6.45) is 0.336. The van der Waals surface area contributed by atoms with Crippen molar-refractivity contribution in [2.45, 2.75) is 80.3 Å². The van der Waals surface area contributed by atoms with E-state index in [0.29, 0.717) is 19.0 Å². The van der Waals surface area contributed by atoms with E-state index in [-0.39, 0.29) is 42.5 Å². The minimum atomic E-state index is -0.337. The minimum Gasteiger partial charge on any atom is -0.737 e. The van der Waals surface area contributed by atoms with Gasteiger partial charge in [-0.2, -0.15) is 0 Å². The highest BCUT2D eigenvalue weighted by molar-refractivity contribution is 5.78. The molecular formula is C17H39N6O4-. The van der Waals surface area contributed by atoms with Crippen molar-refractivity contribution in [3.05, 3.63) is 10.4 Å². The summed E-state index contributed by atoms with van der Waals surface area (Å²) in [5.74, 6) is -0.506. The first-order valence-electron chi connectivity index (χ1n) is 9.61. The van der Waals surface area contributed by atoms with Gasteiger partial charge in [-0.1, -0.05) is 41.5 Å². The summed E-state index contributed by atoms with van der Waals surface area (Å²) >= 11 is 0. The van der Waals surface area contributed by atoms with Gasteiger partial charge < -0.3 is 26.4 Å². The molecule has 0 saturated heterocycles. The summed E-state index contributed by atoms with van der Waals surface area (Å²) in [7, 11) is 0. The van der Waals surface area contributed by atoms with Crippen LogP contribution in [0, 0.1) is 10.4 Å². The number of amides is 2. The van der Waals surface area contributed by atoms with Gasteiger partial charge in [-0.15, -0.1) is 5.01 Å². The van der Waals surface area contributed by atoms with E-state index in [0.717, 1.165) is 5.01 Å². The number of hydrogen-bond acceptors (Lipinski definition) is 6. The Balaban J connectivity index is -0.00000134. The minimum absolute atomic E-state index is 0.0111. The molecule has 0 aliphatic carbocycles. The Hall–Kier alpha value is -2.10. The normalized spacial score (nSPS) is 10.4. The van der Waals surface area contributed by atoms with Gasteiger partial charge in [0.25, 0.3) is 0 Å². The predicted molar refractivity (Wildman–Crippen MR) is 107 cm³/mol. The number of hydrogen-bond donors (Lipinski definition) is 3. The van der Waals surface area contributed by atoms with E-state index < -0.39 is 0 Å². The molecule has 0 aliphatic heterocycles. The van der Waals surface area contributed by atoms with Gasteiger partial charge in [-0.05, 0) is 19.1 Å². The lowest BCUT2D eigenvalue weighted by Crippen LogP contribution is -2.42. The number of nitrogens with one attached hydrogen (secondary N) is 3. The molecule has 0 spiro atoms. The van der Waals surface area contributed by atoms with Gasteiger partial charge in [0.05, 0.1) is 19.3 Å². The number of hydrazine groups is 1. The van der Waals surface area contributed by atoms with Gasteiger partial charge >= 0.3 is 0 Å². The SMILES string of the molecule is CC.CC.CC(C)NCCC(=O)NCNC(=O)CCN(C(C)C)/[N+]([O-])=N/[O-]. The van der Waals surface area contributed by atoms with Gasteiger partial charge in [0.2, 0.25) is 11.8 Å². The zero-order valence-corrected chi connectivity index (χ0v) is 18.2. The highest BCUT2D eigenvalue weighted by Gasteiger charge is 2.17. The fourth-order valence-corrected chi connectivity index (χ4v) is 1.70. The molecule has 27 heavy (non-hydrogen) atoms. The average molecular weight is 392 g/mol. The largest absolute Gasteiger partial charge is 0.737 e. The first-order chi connectivity index (χ1) is 12.8. The van der Waals surface area contributed by atoms with Crippen LogP contribution in [0.15, 0.2) is 5.28 Å². The Morgan fingerprint density at radius 1 is 1.00 bits per heavy atom. The smallest absolute Gasteiger partial charge is 0.223 e. The Bertz CT molecular complexity index is 403. The van der Waals surface area contributed by atoms with Gasteiger partial charge in [0, 0.05) is 30.4 Å². The van der Waals surface area contributed by atoms with Crippen molar-refractivity contribution in [1.82, 2.24) is 21.0 Å². The molecule has 3 N–H and O–H groups in total. The van der Waals surface area contributed by atoms with Crippen molar-refractivity contribution in [3.8, 4) is 0 Å². The zero-order chi connectivity index (χ0) is 21.8. The fraction of sp³-hybridized carbons (Fsp3) is 0.882. The zero-order valence-electron chi connectivity index (χ0n) is 18.2. The Kier molecular flexibility index (Phi) is 22.2. The summed E-state index contributed by atoms with van der Waals surface area (Å²) in [5, 5.41) is 33.0. The maximum atomic E-state index is 11.6. The fourth-order valence-electron chi connectivity index (χ4n) is 1.70. The standard InChI is InChI=1S/C13H28N6O4.2C2H6/c1-10(2)14-7-5-12(20)15-9-16-13(21)6-8-18(11(3)4)19(23)17-22;2*1-2/h10-11,14,22H,5-9H2,1-4H3,(H,15,20)(H,16,21);2*1-2H3/p-1/b19-17-;;. The van der Waals surface area contributed by atoms with Crippen molar-refractivity contribution in [2.24, 2.45) is 5.28 Å².